The average Bonchev–Trinajstić information content (AvgIpc) is 2.64. The van der Waals surface area contributed by atoms with Gasteiger partial charge in [-0.1, -0.05) is 12.1 Å². The Morgan fingerprint density at radius 1 is 1.20 bits per heavy atom. The number of ether oxygens (including phenoxy) is 1. The molecule has 25 heavy (non-hydrogen) atoms. The number of fused-ring (bicyclic) bond motifs is 1. The van der Waals surface area contributed by atoms with Crippen molar-refractivity contribution in [1.29, 1.82) is 0 Å². The van der Waals surface area contributed by atoms with Crippen LogP contribution in [-0.2, 0) is 14.3 Å². The number of morpholine rings is 1. The zero-order valence-corrected chi connectivity index (χ0v) is 15.2. The van der Waals surface area contributed by atoms with E-state index in [-0.39, 0.29) is 11.8 Å². The van der Waals surface area contributed by atoms with E-state index in [0.717, 1.165) is 43.4 Å². The van der Waals surface area contributed by atoms with Gasteiger partial charge in [0, 0.05) is 44.0 Å². The number of anilines is 1. The molecule has 0 spiro atoms. The summed E-state index contributed by atoms with van der Waals surface area (Å²) in [6, 6.07) is 7.95. The lowest BCUT2D eigenvalue weighted by Gasteiger charge is -2.29. The van der Waals surface area contributed by atoms with Crippen molar-refractivity contribution in [2.24, 2.45) is 0 Å². The first-order chi connectivity index (χ1) is 12.2. The Labute approximate surface area is 152 Å². The van der Waals surface area contributed by atoms with Crippen LogP contribution >= 0.6 is 11.8 Å². The van der Waals surface area contributed by atoms with Gasteiger partial charge in [0.1, 0.15) is 0 Å². The summed E-state index contributed by atoms with van der Waals surface area (Å²) >= 11 is 1.58. The molecule has 0 aromatic heterocycles. The van der Waals surface area contributed by atoms with Gasteiger partial charge in [-0.25, -0.2) is 0 Å². The first-order valence-electron chi connectivity index (χ1n) is 8.83. The zero-order valence-electron chi connectivity index (χ0n) is 14.4. The molecule has 3 rings (SSSR count). The van der Waals surface area contributed by atoms with Crippen molar-refractivity contribution in [3.05, 3.63) is 24.3 Å². The number of benzene rings is 1. The minimum Gasteiger partial charge on any atom is -0.379 e. The Morgan fingerprint density at radius 3 is 2.84 bits per heavy atom. The first kappa shape index (κ1) is 18.2. The largest absolute Gasteiger partial charge is 0.379 e. The Balaban J connectivity index is 1.37. The summed E-state index contributed by atoms with van der Waals surface area (Å²) in [6.45, 7) is 5.54. The monoisotopic (exact) mass is 363 g/mol. The van der Waals surface area contributed by atoms with E-state index in [1.54, 1.807) is 11.8 Å². The lowest BCUT2D eigenvalue weighted by atomic mass is 10.2. The molecule has 6 nitrogen and oxygen atoms in total. The van der Waals surface area contributed by atoms with Crippen LogP contribution in [0.15, 0.2) is 29.2 Å². The summed E-state index contributed by atoms with van der Waals surface area (Å²) < 4.78 is 5.31. The predicted molar refractivity (Wildman–Crippen MR) is 99.0 cm³/mol. The molecule has 0 bridgehead atoms. The van der Waals surface area contributed by atoms with Gasteiger partial charge >= 0.3 is 0 Å². The Hall–Kier alpha value is -1.57. The van der Waals surface area contributed by atoms with E-state index in [1.807, 2.05) is 29.2 Å². The molecule has 0 aliphatic carbocycles. The van der Waals surface area contributed by atoms with Crippen molar-refractivity contribution in [3.63, 3.8) is 0 Å². The van der Waals surface area contributed by atoms with Crippen molar-refractivity contribution in [3.8, 4) is 0 Å². The van der Waals surface area contributed by atoms with Crippen LogP contribution in [0.1, 0.15) is 12.8 Å². The molecule has 1 aromatic carbocycles. The highest BCUT2D eigenvalue weighted by Crippen LogP contribution is 2.34. The SMILES string of the molecule is O=C(CCCN1C(=O)CSc2ccccc21)NCCN1CCOCC1. The van der Waals surface area contributed by atoms with E-state index < -0.39 is 0 Å². The van der Waals surface area contributed by atoms with Crippen LogP contribution < -0.4 is 10.2 Å². The topological polar surface area (TPSA) is 61.9 Å². The molecule has 136 valence electrons. The molecule has 0 radical (unpaired) electrons. The van der Waals surface area contributed by atoms with Gasteiger partial charge in [0.25, 0.3) is 0 Å². The summed E-state index contributed by atoms with van der Waals surface area (Å²) in [5, 5.41) is 2.97. The Morgan fingerprint density at radius 2 is 2.00 bits per heavy atom. The number of carbonyl (C=O) groups is 2. The minimum atomic E-state index is 0.0559. The van der Waals surface area contributed by atoms with E-state index in [0.29, 0.717) is 31.7 Å². The molecular weight excluding hydrogens is 338 g/mol. The van der Waals surface area contributed by atoms with E-state index in [1.165, 1.54) is 0 Å². The van der Waals surface area contributed by atoms with Crippen LogP contribution in [0.4, 0.5) is 5.69 Å². The standard InChI is InChI=1S/C18H25N3O3S/c22-17(19-7-9-20-10-12-24-13-11-20)6-3-8-21-15-4-1-2-5-16(15)25-14-18(21)23/h1-2,4-5H,3,6-14H2,(H,19,22). The summed E-state index contributed by atoms with van der Waals surface area (Å²) in [7, 11) is 0. The van der Waals surface area contributed by atoms with E-state index in [4.69, 9.17) is 4.74 Å². The molecule has 2 aliphatic rings. The van der Waals surface area contributed by atoms with Crippen LogP contribution in [0.2, 0.25) is 0 Å². The molecule has 0 saturated carbocycles. The van der Waals surface area contributed by atoms with Crippen LogP contribution in [0.5, 0.6) is 0 Å². The molecule has 1 saturated heterocycles. The van der Waals surface area contributed by atoms with Crippen molar-refractivity contribution in [2.75, 3.05) is 56.6 Å². The number of amides is 2. The molecule has 1 fully saturated rings. The second-order valence-electron chi connectivity index (χ2n) is 6.21. The number of para-hydroxylation sites is 1. The van der Waals surface area contributed by atoms with Crippen LogP contribution in [0, 0.1) is 0 Å². The molecule has 7 heteroatoms. The third-order valence-corrected chi connectivity index (χ3v) is 5.50. The van der Waals surface area contributed by atoms with Gasteiger partial charge in [0.15, 0.2) is 0 Å². The molecule has 1 aromatic rings. The number of rotatable bonds is 7. The highest BCUT2D eigenvalue weighted by Gasteiger charge is 2.23. The van der Waals surface area contributed by atoms with E-state index in [2.05, 4.69) is 10.2 Å². The Kier molecular flexibility index (Phi) is 6.72. The first-order valence-corrected chi connectivity index (χ1v) is 9.81. The van der Waals surface area contributed by atoms with Crippen LogP contribution in [0.3, 0.4) is 0 Å². The average molecular weight is 363 g/mol. The summed E-state index contributed by atoms with van der Waals surface area (Å²) in [5.41, 5.74) is 0.969. The molecule has 0 atom stereocenters. The van der Waals surface area contributed by atoms with E-state index in [9.17, 15) is 9.59 Å². The lowest BCUT2D eigenvalue weighted by Crippen LogP contribution is -2.41. The fourth-order valence-corrected chi connectivity index (χ4v) is 4.00. The van der Waals surface area contributed by atoms with Gasteiger partial charge in [-0.15, -0.1) is 11.8 Å². The third kappa shape index (κ3) is 5.20. The van der Waals surface area contributed by atoms with Crippen molar-refractivity contribution in [2.45, 2.75) is 17.7 Å². The van der Waals surface area contributed by atoms with Gasteiger partial charge in [-0.3, -0.25) is 14.5 Å². The molecule has 0 unspecified atom stereocenters. The predicted octanol–water partition coefficient (Wildman–Crippen LogP) is 1.35. The van der Waals surface area contributed by atoms with Crippen molar-refractivity contribution in [1.82, 2.24) is 10.2 Å². The maximum atomic E-state index is 12.2. The van der Waals surface area contributed by atoms with Crippen molar-refractivity contribution < 1.29 is 14.3 Å². The molecule has 2 aliphatic heterocycles. The van der Waals surface area contributed by atoms with Crippen molar-refractivity contribution >= 4 is 29.3 Å². The highest BCUT2D eigenvalue weighted by atomic mass is 32.2. The molecular formula is C18H25N3O3S. The Bertz CT molecular complexity index is 605. The summed E-state index contributed by atoms with van der Waals surface area (Å²) in [5.74, 6) is 0.653. The quantitative estimate of drug-likeness (QED) is 0.792. The molecule has 2 heterocycles. The number of carbonyl (C=O) groups excluding carboxylic acids is 2. The van der Waals surface area contributed by atoms with Gasteiger partial charge < -0.3 is 15.0 Å². The normalized spacial score (nSPS) is 18.1. The number of hydrogen-bond acceptors (Lipinski definition) is 5. The fourth-order valence-electron chi connectivity index (χ4n) is 3.06. The number of nitrogens with one attached hydrogen (secondary N) is 1. The second kappa shape index (κ2) is 9.22. The summed E-state index contributed by atoms with van der Waals surface area (Å²) in [4.78, 5) is 29.4. The van der Waals surface area contributed by atoms with Gasteiger partial charge in [-0.05, 0) is 18.6 Å². The zero-order chi connectivity index (χ0) is 17.5. The van der Waals surface area contributed by atoms with Gasteiger partial charge in [0.05, 0.1) is 24.7 Å². The highest BCUT2D eigenvalue weighted by molar-refractivity contribution is 8.00. The van der Waals surface area contributed by atoms with Gasteiger partial charge in [-0.2, -0.15) is 0 Å². The maximum absolute atomic E-state index is 12.2. The molecule has 2 amide bonds. The third-order valence-electron chi connectivity index (χ3n) is 4.45. The van der Waals surface area contributed by atoms with E-state index >= 15 is 0 Å². The van der Waals surface area contributed by atoms with Crippen LogP contribution in [0.25, 0.3) is 0 Å². The summed E-state index contributed by atoms with van der Waals surface area (Å²) in [6.07, 6.45) is 1.12. The van der Waals surface area contributed by atoms with Crippen LogP contribution in [-0.4, -0.2) is 68.4 Å². The second-order valence-corrected chi connectivity index (χ2v) is 7.23. The maximum Gasteiger partial charge on any atom is 0.237 e. The van der Waals surface area contributed by atoms with Gasteiger partial charge in [0.2, 0.25) is 11.8 Å². The molecule has 1 N–H and O–H groups in total. The number of nitrogens with zero attached hydrogens (tertiary/aromatic N) is 2. The minimum absolute atomic E-state index is 0.0559. The number of thioether (sulfide) groups is 1. The lowest BCUT2D eigenvalue weighted by molar-refractivity contribution is -0.121. The smallest absolute Gasteiger partial charge is 0.237 e. The fraction of sp³-hybridized carbons (Fsp3) is 0.556. The number of hydrogen-bond donors (Lipinski definition) is 1.